The average Bonchev–Trinajstić information content (AvgIpc) is 2.45. The quantitative estimate of drug-likeness (QED) is 0.925. The van der Waals surface area contributed by atoms with Crippen LogP contribution < -0.4 is 5.32 Å². The van der Waals surface area contributed by atoms with Crippen LogP contribution in [0.1, 0.15) is 24.1 Å². The molecular weight excluding hydrogens is 252 g/mol. The van der Waals surface area contributed by atoms with Gasteiger partial charge in [0.1, 0.15) is 0 Å². The molecule has 1 aliphatic rings. The number of rotatable bonds is 3. The van der Waals surface area contributed by atoms with Gasteiger partial charge in [-0.15, -0.1) is 0 Å². The molecular formula is C16H20N2S. The van der Waals surface area contributed by atoms with Crippen molar-refractivity contribution in [2.45, 2.75) is 32.4 Å². The van der Waals surface area contributed by atoms with E-state index in [-0.39, 0.29) is 0 Å². The predicted octanol–water partition coefficient (Wildman–Crippen LogP) is 3.53. The second kappa shape index (κ2) is 5.93. The topological polar surface area (TPSA) is 24.9 Å². The summed E-state index contributed by atoms with van der Waals surface area (Å²) in [5, 5.41) is 4.99. The third-order valence-electron chi connectivity index (χ3n) is 3.67. The Labute approximate surface area is 119 Å². The fourth-order valence-corrected chi connectivity index (χ4v) is 3.80. The molecule has 0 aliphatic carbocycles. The van der Waals surface area contributed by atoms with Gasteiger partial charge in [0.2, 0.25) is 0 Å². The lowest BCUT2D eigenvalue weighted by Gasteiger charge is -2.23. The predicted molar refractivity (Wildman–Crippen MR) is 83.7 cm³/mol. The Morgan fingerprint density at radius 1 is 1.37 bits per heavy atom. The van der Waals surface area contributed by atoms with Crippen molar-refractivity contribution >= 4 is 22.7 Å². The normalized spacial score (nSPS) is 19.7. The highest BCUT2D eigenvalue weighted by Gasteiger charge is 2.13. The molecule has 2 nitrogen and oxygen atoms in total. The van der Waals surface area contributed by atoms with E-state index in [9.17, 15) is 0 Å². The van der Waals surface area contributed by atoms with Gasteiger partial charge in [-0.25, -0.2) is 0 Å². The van der Waals surface area contributed by atoms with E-state index in [2.05, 4.69) is 59.3 Å². The number of aryl methyl sites for hydroxylation is 1. The molecule has 1 aliphatic heterocycles. The van der Waals surface area contributed by atoms with Gasteiger partial charge in [0.25, 0.3) is 0 Å². The fraction of sp³-hybridized carbons (Fsp3) is 0.438. The Morgan fingerprint density at radius 2 is 2.26 bits per heavy atom. The molecule has 1 fully saturated rings. The van der Waals surface area contributed by atoms with Crippen LogP contribution in [0.3, 0.4) is 0 Å². The van der Waals surface area contributed by atoms with Gasteiger partial charge in [0.15, 0.2) is 0 Å². The van der Waals surface area contributed by atoms with Crippen LogP contribution in [0.25, 0.3) is 10.9 Å². The van der Waals surface area contributed by atoms with Gasteiger partial charge >= 0.3 is 0 Å². The number of hydrogen-bond donors (Lipinski definition) is 1. The summed E-state index contributed by atoms with van der Waals surface area (Å²) < 4.78 is 0. The molecule has 0 bridgehead atoms. The minimum Gasteiger partial charge on any atom is -0.309 e. The molecule has 0 radical (unpaired) electrons. The Bertz CT molecular complexity index is 562. The standard InChI is InChI=1S/C16H20N2S/c1-12-9-13(10-17-14-5-4-8-19-11-14)15-6-2-3-7-16(15)18-12/h2-3,6-7,9,14,17H,4-5,8,10-11H2,1H3. The zero-order valence-corrected chi connectivity index (χ0v) is 12.2. The van der Waals surface area contributed by atoms with Gasteiger partial charge < -0.3 is 5.32 Å². The van der Waals surface area contributed by atoms with E-state index in [4.69, 9.17) is 0 Å². The number of fused-ring (bicyclic) bond motifs is 1. The van der Waals surface area contributed by atoms with Gasteiger partial charge in [0, 0.05) is 29.4 Å². The number of pyridine rings is 1. The Kier molecular flexibility index (Phi) is 4.04. The van der Waals surface area contributed by atoms with E-state index in [0.29, 0.717) is 6.04 Å². The first-order chi connectivity index (χ1) is 9.33. The minimum atomic E-state index is 0.672. The maximum Gasteiger partial charge on any atom is 0.0708 e. The molecule has 1 N–H and O–H groups in total. The van der Waals surface area contributed by atoms with E-state index < -0.39 is 0 Å². The van der Waals surface area contributed by atoms with Gasteiger partial charge in [-0.05, 0) is 43.2 Å². The van der Waals surface area contributed by atoms with Gasteiger partial charge in [0.05, 0.1) is 5.52 Å². The zero-order chi connectivity index (χ0) is 13.1. The summed E-state index contributed by atoms with van der Waals surface area (Å²) >= 11 is 2.07. The molecule has 1 aromatic heterocycles. The van der Waals surface area contributed by atoms with Crippen LogP contribution in [0.15, 0.2) is 30.3 Å². The molecule has 1 aromatic carbocycles. The van der Waals surface area contributed by atoms with Crippen LogP contribution in [0.5, 0.6) is 0 Å². The lowest BCUT2D eigenvalue weighted by Crippen LogP contribution is -2.33. The Morgan fingerprint density at radius 3 is 3.11 bits per heavy atom. The SMILES string of the molecule is Cc1cc(CNC2CCCSC2)c2ccccc2n1. The van der Waals surface area contributed by atoms with Crippen molar-refractivity contribution in [1.29, 1.82) is 0 Å². The highest BCUT2D eigenvalue weighted by Crippen LogP contribution is 2.20. The fourth-order valence-electron chi connectivity index (χ4n) is 2.70. The number of aromatic nitrogens is 1. The number of hydrogen-bond acceptors (Lipinski definition) is 3. The van der Waals surface area contributed by atoms with E-state index >= 15 is 0 Å². The summed E-state index contributed by atoms with van der Waals surface area (Å²) in [4.78, 5) is 4.60. The summed E-state index contributed by atoms with van der Waals surface area (Å²) in [7, 11) is 0. The summed E-state index contributed by atoms with van der Waals surface area (Å²) in [5.74, 6) is 2.58. The number of nitrogens with zero attached hydrogens (tertiary/aromatic N) is 1. The van der Waals surface area contributed by atoms with Crippen molar-refractivity contribution in [1.82, 2.24) is 10.3 Å². The smallest absolute Gasteiger partial charge is 0.0708 e. The molecule has 0 spiro atoms. The maximum absolute atomic E-state index is 4.60. The highest BCUT2D eigenvalue weighted by molar-refractivity contribution is 7.99. The van der Waals surface area contributed by atoms with Crippen molar-refractivity contribution in [3.8, 4) is 0 Å². The van der Waals surface area contributed by atoms with Crippen LogP contribution in [0, 0.1) is 6.92 Å². The largest absolute Gasteiger partial charge is 0.309 e. The van der Waals surface area contributed by atoms with Crippen LogP contribution in [-0.4, -0.2) is 22.5 Å². The minimum absolute atomic E-state index is 0.672. The molecule has 1 unspecified atom stereocenters. The van der Waals surface area contributed by atoms with Gasteiger partial charge in [-0.2, -0.15) is 11.8 Å². The zero-order valence-electron chi connectivity index (χ0n) is 11.4. The molecule has 3 rings (SSSR count). The summed E-state index contributed by atoms with van der Waals surface area (Å²) in [5.41, 5.74) is 3.59. The Balaban J connectivity index is 1.79. The number of benzene rings is 1. The van der Waals surface area contributed by atoms with Crippen LogP contribution in [-0.2, 0) is 6.54 Å². The van der Waals surface area contributed by atoms with Crippen LogP contribution in [0.4, 0.5) is 0 Å². The highest BCUT2D eigenvalue weighted by atomic mass is 32.2. The lowest BCUT2D eigenvalue weighted by molar-refractivity contribution is 0.508. The summed E-state index contributed by atoms with van der Waals surface area (Å²) in [6.07, 6.45) is 2.66. The molecule has 0 saturated carbocycles. The first-order valence-electron chi connectivity index (χ1n) is 6.99. The van der Waals surface area contributed by atoms with Crippen molar-refractivity contribution in [2.24, 2.45) is 0 Å². The van der Waals surface area contributed by atoms with Gasteiger partial charge in [-0.1, -0.05) is 18.2 Å². The van der Waals surface area contributed by atoms with Crippen molar-refractivity contribution in [2.75, 3.05) is 11.5 Å². The van der Waals surface area contributed by atoms with E-state index in [1.165, 1.54) is 35.3 Å². The first kappa shape index (κ1) is 12.9. The number of nitrogens with one attached hydrogen (secondary N) is 1. The second-order valence-electron chi connectivity index (χ2n) is 5.23. The molecule has 19 heavy (non-hydrogen) atoms. The summed E-state index contributed by atoms with van der Waals surface area (Å²) in [6.45, 7) is 3.03. The third-order valence-corrected chi connectivity index (χ3v) is 4.89. The van der Waals surface area contributed by atoms with E-state index in [0.717, 1.165) is 17.8 Å². The molecule has 100 valence electrons. The van der Waals surface area contributed by atoms with Crippen molar-refractivity contribution < 1.29 is 0 Å². The second-order valence-corrected chi connectivity index (χ2v) is 6.38. The van der Waals surface area contributed by atoms with E-state index in [1.807, 2.05) is 0 Å². The average molecular weight is 272 g/mol. The van der Waals surface area contributed by atoms with Gasteiger partial charge in [-0.3, -0.25) is 4.98 Å². The molecule has 1 atom stereocenters. The molecule has 1 saturated heterocycles. The summed E-state index contributed by atoms with van der Waals surface area (Å²) in [6, 6.07) is 11.3. The van der Waals surface area contributed by atoms with Crippen LogP contribution >= 0.6 is 11.8 Å². The molecule has 2 aromatic rings. The molecule has 2 heterocycles. The molecule has 3 heteroatoms. The van der Waals surface area contributed by atoms with Crippen LogP contribution in [0.2, 0.25) is 0 Å². The third kappa shape index (κ3) is 3.10. The molecule has 0 amide bonds. The number of thioether (sulfide) groups is 1. The monoisotopic (exact) mass is 272 g/mol. The first-order valence-corrected chi connectivity index (χ1v) is 8.15. The van der Waals surface area contributed by atoms with Crippen molar-refractivity contribution in [3.63, 3.8) is 0 Å². The van der Waals surface area contributed by atoms with Crippen molar-refractivity contribution in [3.05, 3.63) is 41.6 Å². The van der Waals surface area contributed by atoms with E-state index in [1.54, 1.807) is 0 Å². The number of para-hydroxylation sites is 1. The Hall–Kier alpha value is -1.06. The maximum atomic E-state index is 4.60. The lowest BCUT2D eigenvalue weighted by atomic mass is 10.1.